The molecule has 0 atom stereocenters. The second-order valence-corrected chi connectivity index (χ2v) is 37.1. The van der Waals surface area contributed by atoms with E-state index >= 15 is 0 Å². The van der Waals surface area contributed by atoms with Gasteiger partial charge in [-0.2, -0.15) is 0 Å². The molecule has 6 heteroatoms. The van der Waals surface area contributed by atoms with Crippen LogP contribution in [-0.4, -0.2) is 0 Å². The minimum atomic E-state index is 0.892. The van der Waals surface area contributed by atoms with E-state index in [2.05, 4.69) is 518 Å². The van der Waals surface area contributed by atoms with Gasteiger partial charge in [0.1, 0.15) is 11.2 Å². The summed E-state index contributed by atoms with van der Waals surface area (Å²) < 4.78 is 11.5. The van der Waals surface area contributed by atoms with E-state index < -0.39 is 0 Å². The third-order valence-corrected chi connectivity index (χ3v) is 29.2. The highest BCUT2D eigenvalue weighted by Gasteiger charge is 2.26. The number of para-hydroxylation sites is 1. The van der Waals surface area contributed by atoms with Gasteiger partial charge >= 0.3 is 0 Å². The Morgan fingerprint density at radius 3 is 0.934 bits per heavy atom. The molecule has 0 saturated heterocycles. The molecule has 136 heavy (non-hydrogen) atoms. The van der Waals surface area contributed by atoms with Gasteiger partial charge in [0.05, 0.1) is 17.1 Å². The second-order valence-electron chi connectivity index (χ2n) is 34.9. The van der Waals surface area contributed by atoms with E-state index in [0.717, 1.165) is 67.4 Å². The average Bonchev–Trinajstić information content (AvgIpc) is 1.10. The first-order valence-electron chi connectivity index (χ1n) is 46.4. The van der Waals surface area contributed by atoms with Crippen molar-refractivity contribution in [3.8, 4) is 55.6 Å². The molecule has 3 aromatic heterocycles. The summed E-state index contributed by atoms with van der Waals surface area (Å²) >= 11 is 3.72. The SMILES string of the molecule is c1ccc(-c2ccc(N(c3ccc4c(c3)sc3ccccc34)c3cc4ccccc4c4ccc(-c5ccccc5)cc34)cc2)cc1.c1ccc(-c2ccc(N(c3ccc4oc5ccccc5c4c3)c3cc4ccccc4c4ccc5ccccc5c34)cc2)cc1.c1ccc(-c2ccc(N(c3ccc4sc5ccccc5c4c3)c3cc4ccccc4c4ccc(-c5ccccc5)cc34)cc2)cc1. The molecule has 0 saturated carbocycles. The maximum atomic E-state index is 6.23. The molecule has 24 aromatic carbocycles. The summed E-state index contributed by atoms with van der Waals surface area (Å²) in [7, 11) is 0. The van der Waals surface area contributed by atoms with Crippen LogP contribution < -0.4 is 14.7 Å². The lowest BCUT2D eigenvalue weighted by atomic mass is 9.94. The fourth-order valence-corrected chi connectivity index (χ4v) is 22.6. The summed E-state index contributed by atoms with van der Waals surface area (Å²) in [5.74, 6) is 0. The van der Waals surface area contributed by atoms with Crippen molar-refractivity contribution >= 4 is 212 Å². The van der Waals surface area contributed by atoms with Gasteiger partial charge in [-0.3, -0.25) is 0 Å². The Balaban J connectivity index is 0.000000109. The van der Waals surface area contributed by atoms with Crippen molar-refractivity contribution in [1.82, 2.24) is 0 Å². The van der Waals surface area contributed by atoms with Crippen LogP contribution in [0.5, 0.6) is 0 Å². The lowest BCUT2D eigenvalue weighted by molar-refractivity contribution is 0.669. The first kappa shape index (κ1) is 80.8. The number of fused-ring (bicyclic) bond motifs is 20. The number of thiophene rings is 2. The Hall–Kier alpha value is -17.3. The van der Waals surface area contributed by atoms with Crippen molar-refractivity contribution in [1.29, 1.82) is 0 Å². The van der Waals surface area contributed by atoms with Gasteiger partial charge in [-0.05, 0) is 248 Å². The summed E-state index contributed by atoms with van der Waals surface area (Å²) in [6, 6.07) is 187. The Labute approximate surface area is 795 Å². The third-order valence-electron chi connectivity index (χ3n) is 26.9. The van der Waals surface area contributed by atoms with Crippen LogP contribution in [0.1, 0.15) is 0 Å². The number of nitrogens with zero attached hydrogens (tertiary/aromatic N) is 3. The molecule has 0 fully saturated rings. The number of rotatable bonds is 14. The van der Waals surface area contributed by atoms with E-state index in [1.807, 2.05) is 34.8 Å². The minimum absolute atomic E-state index is 0.892. The Morgan fingerprint density at radius 2 is 0.441 bits per heavy atom. The van der Waals surface area contributed by atoms with Gasteiger partial charge in [-0.1, -0.05) is 382 Å². The van der Waals surface area contributed by atoms with Crippen LogP contribution in [0.4, 0.5) is 51.2 Å². The van der Waals surface area contributed by atoms with E-state index in [9.17, 15) is 0 Å². The number of hydrogen-bond acceptors (Lipinski definition) is 6. The van der Waals surface area contributed by atoms with Crippen LogP contribution in [0.2, 0.25) is 0 Å². The molecule has 0 radical (unpaired) electrons. The van der Waals surface area contributed by atoms with Crippen LogP contribution >= 0.6 is 22.7 Å². The second kappa shape index (κ2) is 34.8. The van der Waals surface area contributed by atoms with Crippen LogP contribution in [0.25, 0.3) is 193 Å². The summed E-state index contributed by atoms with van der Waals surface area (Å²) in [5.41, 5.74) is 24.1. The largest absolute Gasteiger partial charge is 0.456 e. The van der Waals surface area contributed by atoms with E-state index in [1.165, 1.54) is 177 Å². The zero-order valence-electron chi connectivity index (χ0n) is 74.1. The molecule has 0 aliphatic rings. The molecule has 638 valence electrons. The van der Waals surface area contributed by atoms with Gasteiger partial charge in [-0.25, -0.2) is 0 Å². The van der Waals surface area contributed by atoms with Crippen molar-refractivity contribution < 1.29 is 4.42 Å². The van der Waals surface area contributed by atoms with Gasteiger partial charge in [-0.15, -0.1) is 22.7 Å². The molecular formula is C130H85N3OS2. The molecule has 0 unspecified atom stereocenters. The van der Waals surface area contributed by atoms with Gasteiger partial charge in [0, 0.05) is 101 Å². The molecule has 27 aromatic rings. The standard InChI is InChI=1S/2C44H29NS.C42H27NO/c1-3-11-30(12-4-1)32-19-22-35(23-20-32)45(36-24-26-44-41(29-36)39-17-9-10-18-43(39)46-44)42-28-34-15-7-8-16-37(34)38-25-21-33(27-40(38)42)31-13-5-2-6-14-31;1-3-11-30(12-4-1)32-19-22-35(23-20-32)45(36-24-26-40-39-17-9-10-18-43(39)46-44(40)29-36)42-28-34-15-7-8-16-37(34)38-25-21-33(27-41(38)42)31-13-5-2-6-14-31;1-2-10-28(11-3-1)29-18-21-32(22-19-29)43(33-23-25-41-38(27-33)36-16-8-9-17-40(36)44-41)39-26-31-13-5-6-14-34(31)37-24-20-30-12-4-7-15-35(30)42(37)39/h2*1-29H;1-27H. The molecule has 0 amide bonds. The topological polar surface area (TPSA) is 22.9 Å². The average molecular weight is 1770 g/mol. The number of furan rings is 1. The molecule has 27 rings (SSSR count). The van der Waals surface area contributed by atoms with Crippen molar-refractivity contribution in [3.63, 3.8) is 0 Å². The molecule has 4 nitrogen and oxygen atoms in total. The molecule has 0 N–H and O–H groups in total. The van der Waals surface area contributed by atoms with Crippen molar-refractivity contribution in [2.75, 3.05) is 14.7 Å². The highest BCUT2D eigenvalue weighted by molar-refractivity contribution is 7.26. The van der Waals surface area contributed by atoms with Gasteiger partial charge in [0.2, 0.25) is 0 Å². The number of hydrogen-bond donors (Lipinski definition) is 0. The molecule has 0 aliphatic heterocycles. The summed E-state index contributed by atoms with van der Waals surface area (Å²) in [6.45, 7) is 0. The number of benzene rings is 24. The molecule has 0 bridgehead atoms. The first-order valence-corrected chi connectivity index (χ1v) is 48.0. The maximum Gasteiger partial charge on any atom is 0.135 e. The van der Waals surface area contributed by atoms with E-state index in [1.54, 1.807) is 0 Å². The smallest absolute Gasteiger partial charge is 0.135 e. The fraction of sp³-hybridized carbons (Fsp3) is 0. The van der Waals surface area contributed by atoms with Crippen LogP contribution in [-0.2, 0) is 0 Å². The normalized spacial score (nSPS) is 11.5. The van der Waals surface area contributed by atoms with E-state index in [4.69, 9.17) is 4.42 Å². The predicted octanol–water partition coefficient (Wildman–Crippen LogP) is 38.5. The monoisotopic (exact) mass is 1770 g/mol. The Bertz CT molecular complexity index is 9210. The van der Waals surface area contributed by atoms with Gasteiger partial charge in [0.15, 0.2) is 0 Å². The van der Waals surface area contributed by atoms with Gasteiger partial charge < -0.3 is 19.1 Å². The summed E-state index contributed by atoms with van der Waals surface area (Å²) in [4.78, 5) is 7.31. The lowest BCUT2D eigenvalue weighted by Gasteiger charge is -2.28. The van der Waals surface area contributed by atoms with Gasteiger partial charge in [0.25, 0.3) is 0 Å². The molecule has 3 heterocycles. The summed E-state index contributed by atoms with van der Waals surface area (Å²) in [5, 5.41) is 24.8. The van der Waals surface area contributed by atoms with Crippen LogP contribution in [0.15, 0.2) is 520 Å². The molecular weight excluding hydrogens is 1680 g/mol. The maximum absolute atomic E-state index is 6.23. The molecule has 0 spiro atoms. The fourth-order valence-electron chi connectivity index (χ4n) is 20.3. The van der Waals surface area contributed by atoms with Crippen LogP contribution in [0.3, 0.4) is 0 Å². The highest BCUT2D eigenvalue weighted by Crippen LogP contribution is 2.52. The molecule has 0 aliphatic carbocycles. The quantitative estimate of drug-likeness (QED) is 0.101. The summed E-state index contributed by atoms with van der Waals surface area (Å²) in [6.07, 6.45) is 0. The lowest BCUT2D eigenvalue weighted by Crippen LogP contribution is -2.11. The highest BCUT2D eigenvalue weighted by atomic mass is 32.1. The third kappa shape index (κ3) is 14.9. The Kier molecular flexibility index (Phi) is 20.7. The van der Waals surface area contributed by atoms with E-state index in [-0.39, 0.29) is 0 Å². The van der Waals surface area contributed by atoms with Crippen LogP contribution in [0, 0.1) is 0 Å². The predicted molar refractivity (Wildman–Crippen MR) is 586 cm³/mol. The van der Waals surface area contributed by atoms with Crippen molar-refractivity contribution in [2.24, 2.45) is 0 Å². The Morgan fingerprint density at radius 1 is 0.140 bits per heavy atom. The van der Waals surface area contributed by atoms with Crippen molar-refractivity contribution in [2.45, 2.75) is 0 Å². The first-order chi connectivity index (χ1) is 67.4. The van der Waals surface area contributed by atoms with E-state index in [0.29, 0.717) is 0 Å². The number of anilines is 9. The van der Waals surface area contributed by atoms with Crippen molar-refractivity contribution in [3.05, 3.63) is 516 Å². The zero-order valence-corrected chi connectivity index (χ0v) is 75.8. The minimum Gasteiger partial charge on any atom is -0.456 e. The zero-order chi connectivity index (χ0) is 89.9.